The van der Waals surface area contributed by atoms with Gasteiger partial charge in [-0.05, 0) is 57.4 Å². The van der Waals surface area contributed by atoms with Gasteiger partial charge in [-0.15, -0.1) is 0 Å². The number of guanidine groups is 1. The fraction of sp³-hybridized carbons (Fsp3) is 0.615. The molecule has 1 aromatic rings. The monoisotopic (exact) mass is 863 g/mol. The number of nitrogens with zero attached hydrogens (tertiary/aromatic N) is 1. The van der Waals surface area contributed by atoms with Crippen LogP contribution in [0.15, 0.2) is 35.3 Å². The van der Waals surface area contributed by atoms with Gasteiger partial charge in [0, 0.05) is 13.0 Å². The van der Waals surface area contributed by atoms with E-state index in [1.807, 2.05) is 13.8 Å². The lowest BCUT2D eigenvalue weighted by Gasteiger charge is -2.27. The van der Waals surface area contributed by atoms with Crippen molar-refractivity contribution in [2.24, 2.45) is 34.0 Å². The minimum atomic E-state index is -1.65. The molecule has 0 bridgehead atoms. The average molecular weight is 864 g/mol. The van der Waals surface area contributed by atoms with Crippen LogP contribution in [0.1, 0.15) is 73.3 Å². The van der Waals surface area contributed by atoms with E-state index in [-0.39, 0.29) is 37.7 Å². The van der Waals surface area contributed by atoms with E-state index in [0.29, 0.717) is 12.0 Å². The molecule has 9 atom stereocenters. The summed E-state index contributed by atoms with van der Waals surface area (Å²) in [6.45, 7) is 9.93. The van der Waals surface area contributed by atoms with Gasteiger partial charge in [0.05, 0.1) is 18.8 Å². The average Bonchev–Trinajstić information content (AvgIpc) is 3.17. The first-order valence-electron chi connectivity index (χ1n) is 20.0. The second-order valence-electron chi connectivity index (χ2n) is 15.5. The molecule has 342 valence electrons. The Morgan fingerprint density at radius 3 is 1.62 bits per heavy atom. The van der Waals surface area contributed by atoms with E-state index in [1.54, 1.807) is 44.2 Å². The van der Waals surface area contributed by atoms with Crippen LogP contribution < -0.4 is 54.4 Å². The molecule has 16 N–H and O–H groups in total. The highest BCUT2D eigenvalue weighted by molar-refractivity contribution is 5.97. The lowest BCUT2D eigenvalue weighted by Crippen LogP contribution is -2.61. The zero-order valence-corrected chi connectivity index (χ0v) is 35.8. The van der Waals surface area contributed by atoms with Gasteiger partial charge in [-0.25, -0.2) is 4.79 Å². The number of nitrogens with two attached hydrogens (primary N) is 3. The standard InChI is InChI=1S/C39H65N11O11/c1-19(2)16-25(40)33(55)48-28(18-51)36(58)50-30(23(7)52)37(59)45-22(6)32(54)47-27(17-24-12-9-8-10-13-24)35(57)44-21(5)31(53)46-26(14-11-15-43-39(41)42)34(56)49-29(20(3)4)38(60)61/h8-10,12-13,19-23,25-30,51-52H,11,14-18,40H2,1-7H3,(H,44,57)(H,45,59)(H,46,53)(H,47,54)(H,48,55)(H,49,56)(H,50,58)(H,60,61)(H4,41,42,43)/t21-,22-,23+,25-,26-,27-,28-,29-,30-/m0/s1. The predicted molar refractivity (Wildman–Crippen MR) is 224 cm³/mol. The van der Waals surface area contributed by atoms with Gasteiger partial charge in [0.1, 0.15) is 42.3 Å². The van der Waals surface area contributed by atoms with E-state index in [0.717, 1.165) is 0 Å². The van der Waals surface area contributed by atoms with Crippen LogP contribution in [0.5, 0.6) is 0 Å². The van der Waals surface area contributed by atoms with Gasteiger partial charge >= 0.3 is 5.97 Å². The SMILES string of the molecule is CC(C)C[C@H](N)C(=O)N[C@@H](CO)C(=O)N[C@H](C(=O)N[C@@H](C)C(=O)N[C@@H](Cc1ccccc1)C(=O)N[C@@H](C)C(=O)N[C@@H](CCCN=C(N)N)C(=O)N[C@H](C(=O)O)C(C)C)[C@@H](C)O. The number of benzene rings is 1. The van der Waals surface area contributed by atoms with Gasteiger partial charge < -0.3 is 69.7 Å². The summed E-state index contributed by atoms with van der Waals surface area (Å²) in [5, 5.41) is 46.7. The molecule has 0 heterocycles. The Morgan fingerprint density at radius 2 is 1.13 bits per heavy atom. The van der Waals surface area contributed by atoms with Crippen LogP contribution in [-0.2, 0) is 44.8 Å². The minimum absolute atomic E-state index is 0.00107. The first-order valence-corrected chi connectivity index (χ1v) is 20.0. The quantitative estimate of drug-likeness (QED) is 0.0242. The van der Waals surface area contributed by atoms with Crippen LogP contribution in [0.25, 0.3) is 0 Å². The van der Waals surface area contributed by atoms with Gasteiger partial charge in [0.25, 0.3) is 0 Å². The Labute approximate surface area is 355 Å². The molecule has 0 fully saturated rings. The van der Waals surface area contributed by atoms with Crippen LogP contribution in [0.4, 0.5) is 0 Å². The van der Waals surface area contributed by atoms with Crippen molar-refractivity contribution in [3.8, 4) is 0 Å². The highest BCUT2D eigenvalue weighted by atomic mass is 16.4. The highest BCUT2D eigenvalue weighted by Gasteiger charge is 2.34. The second kappa shape index (κ2) is 26.4. The molecule has 0 aliphatic heterocycles. The number of aliphatic imine (C=N–C) groups is 1. The van der Waals surface area contributed by atoms with Crippen LogP contribution in [-0.4, -0.2) is 136 Å². The third-order valence-corrected chi connectivity index (χ3v) is 9.17. The molecule has 7 amide bonds. The number of aliphatic carboxylic acids is 1. The van der Waals surface area contributed by atoms with Crippen LogP contribution in [0.3, 0.4) is 0 Å². The van der Waals surface area contributed by atoms with Gasteiger partial charge in [-0.3, -0.25) is 38.6 Å². The topological polar surface area (TPSA) is 372 Å². The van der Waals surface area contributed by atoms with Crippen molar-refractivity contribution in [1.82, 2.24) is 37.2 Å². The van der Waals surface area contributed by atoms with Crippen LogP contribution in [0, 0.1) is 11.8 Å². The molecule has 0 unspecified atom stereocenters. The van der Waals surface area contributed by atoms with Crippen LogP contribution in [0.2, 0.25) is 0 Å². The van der Waals surface area contributed by atoms with E-state index in [2.05, 4.69) is 42.2 Å². The largest absolute Gasteiger partial charge is 0.480 e. The smallest absolute Gasteiger partial charge is 0.326 e. The number of carboxylic acid groups (broad SMARTS) is 1. The number of amides is 7. The van der Waals surface area contributed by atoms with E-state index >= 15 is 0 Å². The lowest BCUT2D eigenvalue weighted by molar-refractivity contribution is -0.143. The number of aliphatic hydroxyl groups is 2. The number of carboxylic acids is 1. The number of rotatable bonds is 26. The Kier molecular flexibility index (Phi) is 23.0. The maximum Gasteiger partial charge on any atom is 0.326 e. The molecule has 22 nitrogen and oxygen atoms in total. The maximum absolute atomic E-state index is 13.7. The predicted octanol–water partition coefficient (Wildman–Crippen LogP) is -3.80. The molecule has 0 aliphatic carbocycles. The molecule has 0 aromatic heterocycles. The summed E-state index contributed by atoms with van der Waals surface area (Å²) in [5.41, 5.74) is 17.2. The molecule has 0 radical (unpaired) electrons. The summed E-state index contributed by atoms with van der Waals surface area (Å²) >= 11 is 0. The normalized spacial score (nSPS) is 15.5. The molecule has 0 spiro atoms. The van der Waals surface area contributed by atoms with Crippen molar-refractivity contribution < 1.29 is 53.7 Å². The van der Waals surface area contributed by atoms with Crippen LogP contribution >= 0.6 is 0 Å². The van der Waals surface area contributed by atoms with E-state index < -0.39 is 114 Å². The Morgan fingerprint density at radius 1 is 0.639 bits per heavy atom. The number of hydrogen-bond donors (Lipinski definition) is 13. The van der Waals surface area contributed by atoms with Gasteiger partial charge in [-0.2, -0.15) is 0 Å². The third kappa shape index (κ3) is 19.4. The van der Waals surface area contributed by atoms with Crippen molar-refractivity contribution in [1.29, 1.82) is 0 Å². The minimum Gasteiger partial charge on any atom is -0.480 e. The molecule has 0 saturated heterocycles. The fourth-order valence-corrected chi connectivity index (χ4v) is 5.69. The number of carbonyl (C=O) groups is 8. The van der Waals surface area contributed by atoms with Crippen molar-refractivity contribution >= 4 is 53.3 Å². The lowest BCUT2D eigenvalue weighted by atomic mass is 10.0. The second-order valence-corrected chi connectivity index (χ2v) is 15.5. The Hall–Kier alpha value is -5.87. The van der Waals surface area contributed by atoms with Crippen molar-refractivity contribution in [2.45, 2.75) is 129 Å². The summed E-state index contributed by atoms with van der Waals surface area (Å²) in [5.74, 6) is -7.92. The third-order valence-electron chi connectivity index (χ3n) is 9.17. The number of hydrogen-bond acceptors (Lipinski definition) is 12. The molecule has 0 aliphatic rings. The van der Waals surface area contributed by atoms with Gasteiger partial charge in [0.15, 0.2) is 5.96 Å². The van der Waals surface area contributed by atoms with Gasteiger partial charge in [0.2, 0.25) is 41.4 Å². The zero-order valence-electron chi connectivity index (χ0n) is 35.8. The van der Waals surface area contributed by atoms with Crippen molar-refractivity contribution in [2.75, 3.05) is 13.2 Å². The summed E-state index contributed by atoms with van der Waals surface area (Å²) in [6, 6.07) is -2.10. The van der Waals surface area contributed by atoms with E-state index in [9.17, 15) is 53.7 Å². The van der Waals surface area contributed by atoms with Crippen molar-refractivity contribution in [3.05, 3.63) is 35.9 Å². The summed E-state index contributed by atoms with van der Waals surface area (Å²) in [6.07, 6.45) is -1.07. The molecular weight excluding hydrogens is 798 g/mol. The Balaban J connectivity index is 3.16. The zero-order chi connectivity index (χ0) is 46.6. The number of carbonyl (C=O) groups excluding carboxylic acids is 7. The maximum atomic E-state index is 13.7. The van der Waals surface area contributed by atoms with E-state index in [4.69, 9.17) is 17.2 Å². The molecule has 1 rings (SSSR count). The molecular formula is C39H65N11O11. The van der Waals surface area contributed by atoms with E-state index in [1.165, 1.54) is 20.8 Å². The summed E-state index contributed by atoms with van der Waals surface area (Å²) in [7, 11) is 0. The summed E-state index contributed by atoms with van der Waals surface area (Å²) in [4.78, 5) is 108. The summed E-state index contributed by atoms with van der Waals surface area (Å²) < 4.78 is 0. The first kappa shape index (κ1) is 53.1. The molecule has 22 heteroatoms. The number of aliphatic hydroxyl groups excluding tert-OH is 2. The Bertz CT molecular complexity index is 1670. The highest BCUT2D eigenvalue weighted by Crippen LogP contribution is 2.08. The van der Waals surface area contributed by atoms with Gasteiger partial charge in [-0.1, -0.05) is 58.0 Å². The molecule has 0 saturated carbocycles. The number of nitrogens with one attached hydrogen (secondary N) is 7. The fourth-order valence-electron chi connectivity index (χ4n) is 5.69. The van der Waals surface area contributed by atoms with Crippen molar-refractivity contribution in [3.63, 3.8) is 0 Å². The molecule has 61 heavy (non-hydrogen) atoms. The first-order chi connectivity index (χ1) is 28.5. The molecule has 1 aromatic carbocycles.